The Morgan fingerprint density at radius 1 is 1.15 bits per heavy atom. The lowest BCUT2D eigenvalue weighted by atomic mass is 9.56. The highest BCUT2D eigenvalue weighted by Crippen LogP contribution is 2.68. The van der Waals surface area contributed by atoms with E-state index in [9.17, 15) is 24.3 Å². The van der Waals surface area contributed by atoms with Crippen molar-refractivity contribution in [1.29, 1.82) is 0 Å². The molecule has 1 aliphatic heterocycles. The van der Waals surface area contributed by atoms with Crippen molar-refractivity contribution in [2.24, 2.45) is 23.2 Å². The van der Waals surface area contributed by atoms with E-state index < -0.39 is 35.0 Å². The van der Waals surface area contributed by atoms with Crippen LogP contribution in [0.15, 0.2) is 79.4 Å². The number of methoxy groups -OCH3 is 1. The Hall–Kier alpha value is -4.24. The van der Waals surface area contributed by atoms with Gasteiger partial charge in [0.05, 0.1) is 18.2 Å². The molecule has 2 aliphatic carbocycles. The number of imide groups is 1. The van der Waals surface area contributed by atoms with Gasteiger partial charge >= 0.3 is 12.2 Å². The molecule has 1 heterocycles. The summed E-state index contributed by atoms with van der Waals surface area (Å²) in [6.07, 6.45) is 5.16. The number of amides is 3. The molecule has 9 heteroatoms. The van der Waals surface area contributed by atoms with E-state index in [0.29, 0.717) is 12.0 Å². The first-order valence-electron chi connectivity index (χ1n) is 12.7. The lowest BCUT2D eigenvalue weighted by Gasteiger charge is -2.45. The number of hydrogen-bond acceptors (Lipinski definition) is 7. The fraction of sp³-hybridized carbons (Fsp3) is 0.333. The summed E-state index contributed by atoms with van der Waals surface area (Å²) in [6, 6.07) is 15.2. The normalized spacial score (nSPS) is 29.9. The average Bonchev–Trinajstić information content (AvgIpc) is 3.42. The minimum Gasteiger partial charge on any atom is -0.453 e. The minimum atomic E-state index is -1.35. The molecule has 0 radical (unpaired) electrons. The summed E-state index contributed by atoms with van der Waals surface area (Å²) in [5, 5.41) is 10.4. The van der Waals surface area contributed by atoms with Crippen LogP contribution in [0.4, 0.5) is 15.3 Å². The number of anilines is 1. The van der Waals surface area contributed by atoms with Gasteiger partial charge in [0.15, 0.2) is 0 Å². The van der Waals surface area contributed by atoms with Gasteiger partial charge in [-0.25, -0.2) is 14.5 Å². The minimum absolute atomic E-state index is 0.0386. The Morgan fingerprint density at radius 3 is 2.51 bits per heavy atom. The van der Waals surface area contributed by atoms with Crippen LogP contribution in [0.2, 0.25) is 0 Å². The van der Waals surface area contributed by atoms with Crippen LogP contribution >= 0.6 is 0 Å². The van der Waals surface area contributed by atoms with E-state index in [2.05, 4.69) is 6.58 Å². The highest BCUT2D eigenvalue weighted by molar-refractivity contribution is 6.04. The smallest absolute Gasteiger partial charge is 0.421 e. The number of benzene rings is 2. The topological polar surface area (TPSA) is 113 Å². The summed E-state index contributed by atoms with van der Waals surface area (Å²) >= 11 is 0. The van der Waals surface area contributed by atoms with Gasteiger partial charge in [-0.1, -0.05) is 66.8 Å². The van der Waals surface area contributed by atoms with Gasteiger partial charge in [0, 0.05) is 36.4 Å². The van der Waals surface area contributed by atoms with Crippen LogP contribution in [0.5, 0.6) is 0 Å². The van der Waals surface area contributed by atoms with Gasteiger partial charge in [0.1, 0.15) is 12.9 Å². The molecule has 1 N–H and O–H groups in total. The molecule has 2 aromatic rings. The maximum atomic E-state index is 13.2. The molecular weight excluding hydrogens is 500 g/mol. The first kappa shape index (κ1) is 26.4. The highest BCUT2D eigenvalue weighted by atomic mass is 16.6. The first-order chi connectivity index (χ1) is 18.9. The SMILES string of the molecule is C=C[C@]12CN(C(=O)OC)[C@@H]3C(CO)[C@H]1C=C[C@@](C=O)(c1ccccc1N(C=O)C(=O)OCc1ccccc1)[C@@H]32. The van der Waals surface area contributed by atoms with E-state index >= 15 is 0 Å². The second-order valence-electron chi connectivity index (χ2n) is 10.2. The van der Waals surface area contributed by atoms with E-state index in [1.807, 2.05) is 24.3 Å². The molecule has 2 aromatic carbocycles. The van der Waals surface area contributed by atoms with E-state index in [4.69, 9.17) is 9.47 Å². The largest absolute Gasteiger partial charge is 0.453 e. The summed E-state index contributed by atoms with van der Waals surface area (Å²) in [5.41, 5.74) is -0.737. The first-order valence-corrected chi connectivity index (χ1v) is 12.7. The molecule has 9 nitrogen and oxygen atoms in total. The molecule has 2 fully saturated rings. The van der Waals surface area contributed by atoms with Crippen molar-refractivity contribution in [3.8, 4) is 0 Å². The van der Waals surface area contributed by atoms with Crippen LogP contribution < -0.4 is 4.90 Å². The maximum absolute atomic E-state index is 13.2. The van der Waals surface area contributed by atoms with Gasteiger partial charge in [-0.15, -0.1) is 6.58 Å². The molecule has 1 saturated carbocycles. The van der Waals surface area contributed by atoms with Crippen molar-refractivity contribution in [3.63, 3.8) is 0 Å². The number of ether oxygens (including phenoxy) is 2. The number of hydrogen-bond donors (Lipinski definition) is 1. The molecule has 1 unspecified atom stereocenters. The number of carbonyl (C=O) groups excluding carboxylic acids is 4. The summed E-state index contributed by atoms with van der Waals surface area (Å²) in [5.74, 6) is -1.04. The number of allylic oxidation sites excluding steroid dienone is 2. The third kappa shape index (κ3) is 3.79. The predicted molar refractivity (Wildman–Crippen MR) is 142 cm³/mol. The lowest BCUT2D eigenvalue weighted by Crippen LogP contribution is -2.49. The number of aldehydes is 1. The van der Waals surface area contributed by atoms with Crippen LogP contribution in [0.1, 0.15) is 11.1 Å². The average molecular weight is 531 g/mol. The third-order valence-electron chi connectivity index (χ3n) is 8.67. The molecule has 6 atom stereocenters. The van der Waals surface area contributed by atoms with Crippen molar-refractivity contribution >= 4 is 30.6 Å². The van der Waals surface area contributed by atoms with Gasteiger partial charge in [-0.3, -0.25) is 4.79 Å². The van der Waals surface area contributed by atoms with Gasteiger partial charge in [-0.05, 0) is 23.1 Å². The van der Waals surface area contributed by atoms with Gasteiger partial charge < -0.3 is 24.3 Å². The van der Waals surface area contributed by atoms with Crippen LogP contribution in [0.25, 0.3) is 0 Å². The maximum Gasteiger partial charge on any atom is 0.421 e. The predicted octanol–water partition coefficient (Wildman–Crippen LogP) is 3.47. The molecule has 3 amide bonds. The second-order valence-corrected chi connectivity index (χ2v) is 10.2. The zero-order valence-corrected chi connectivity index (χ0v) is 21.5. The molecule has 1 saturated heterocycles. The molecule has 39 heavy (non-hydrogen) atoms. The number of likely N-dealkylation sites (tertiary alicyclic amines) is 1. The highest BCUT2D eigenvalue weighted by Gasteiger charge is 2.73. The van der Waals surface area contributed by atoms with Crippen molar-refractivity contribution < 1.29 is 33.8 Å². The Bertz CT molecular complexity index is 1330. The number of piperidine rings is 1. The number of rotatable bonds is 8. The zero-order chi connectivity index (χ0) is 27.8. The Kier molecular flexibility index (Phi) is 6.86. The number of aliphatic hydroxyl groups is 1. The summed E-state index contributed by atoms with van der Waals surface area (Å²) in [6.45, 7) is 4.10. The van der Waals surface area contributed by atoms with Crippen molar-refractivity contribution in [2.45, 2.75) is 18.1 Å². The number of aliphatic hydroxyl groups excluding tert-OH is 1. The monoisotopic (exact) mass is 530 g/mol. The molecule has 4 bridgehead atoms. The number of carbonyl (C=O) groups is 4. The standard InChI is InChI=1S/C30H30N2O7/c1-3-29-17-31(27(36)38-2)25-21(15-33)22(29)13-14-30(18-34,26(25)29)23-11-7-8-12-24(23)32(19-35)28(37)39-16-20-9-5-4-6-10-20/h3-14,18-19,21-22,25-26,33H,1,15-17H2,2H3/t21?,22-,25-,26+,29+,30-/m1/s1. The summed E-state index contributed by atoms with van der Waals surface area (Å²) < 4.78 is 10.5. The van der Waals surface area contributed by atoms with Crippen LogP contribution in [-0.4, -0.2) is 61.2 Å². The molecule has 0 aromatic heterocycles. The Balaban J connectivity index is 1.59. The lowest BCUT2D eigenvalue weighted by molar-refractivity contribution is -0.114. The third-order valence-corrected chi connectivity index (χ3v) is 8.67. The van der Waals surface area contributed by atoms with E-state index in [1.165, 1.54) is 7.11 Å². The van der Waals surface area contributed by atoms with E-state index in [1.54, 1.807) is 53.5 Å². The Morgan fingerprint density at radius 2 is 1.87 bits per heavy atom. The summed E-state index contributed by atoms with van der Waals surface area (Å²) in [4.78, 5) is 53.9. The molecule has 5 rings (SSSR count). The van der Waals surface area contributed by atoms with Crippen LogP contribution in [0, 0.1) is 23.2 Å². The number of nitrogens with zero attached hydrogens (tertiary/aromatic N) is 2. The van der Waals surface area contributed by atoms with E-state index in [-0.39, 0.29) is 37.3 Å². The van der Waals surface area contributed by atoms with Crippen LogP contribution in [0.3, 0.4) is 0 Å². The fourth-order valence-electron chi connectivity index (χ4n) is 7.14. The van der Waals surface area contributed by atoms with Crippen LogP contribution in [-0.2, 0) is 31.1 Å². The number of para-hydroxylation sites is 1. The van der Waals surface area contributed by atoms with Gasteiger partial charge in [0.25, 0.3) is 0 Å². The van der Waals surface area contributed by atoms with E-state index in [0.717, 1.165) is 16.7 Å². The quantitative estimate of drug-likeness (QED) is 0.411. The Labute approximate surface area is 226 Å². The zero-order valence-electron chi connectivity index (χ0n) is 21.5. The summed E-state index contributed by atoms with van der Waals surface area (Å²) in [7, 11) is 1.29. The van der Waals surface area contributed by atoms with Crippen molar-refractivity contribution in [2.75, 3.05) is 25.2 Å². The van der Waals surface area contributed by atoms with Gasteiger partial charge in [-0.2, -0.15) is 0 Å². The second kappa shape index (κ2) is 10.1. The van der Waals surface area contributed by atoms with Crippen molar-refractivity contribution in [3.05, 3.63) is 90.5 Å². The van der Waals surface area contributed by atoms with Gasteiger partial charge in [0.2, 0.25) is 6.41 Å². The molecule has 202 valence electrons. The molecule has 3 aliphatic rings. The molecular formula is C30H30N2O7. The molecule has 0 spiro atoms. The fourth-order valence-corrected chi connectivity index (χ4v) is 7.14. The van der Waals surface area contributed by atoms with Crippen molar-refractivity contribution in [1.82, 2.24) is 4.90 Å².